The summed E-state index contributed by atoms with van der Waals surface area (Å²) in [6.07, 6.45) is 0. The van der Waals surface area contributed by atoms with Gasteiger partial charge in [0.05, 0.1) is 17.5 Å². The van der Waals surface area contributed by atoms with Crippen LogP contribution in [-0.4, -0.2) is 12.5 Å². The molecule has 74 valence electrons. The lowest BCUT2D eigenvalue weighted by Crippen LogP contribution is -2.24. The van der Waals surface area contributed by atoms with Crippen LogP contribution in [0.15, 0.2) is 28.4 Å². The topological polar surface area (TPSA) is 64.8 Å². The van der Waals surface area contributed by atoms with Gasteiger partial charge in [-0.15, -0.1) is 0 Å². The fourth-order valence-corrected chi connectivity index (χ4v) is 1.18. The summed E-state index contributed by atoms with van der Waals surface area (Å²) < 4.78 is 0. The molecule has 0 spiro atoms. The fourth-order valence-electron chi connectivity index (χ4n) is 0.732. The molecule has 0 atom stereocenters. The molecule has 14 heavy (non-hydrogen) atoms. The minimum Gasteiger partial charge on any atom is -0.548 e. The highest BCUT2D eigenvalue weighted by atomic mass is 35.5. The first-order valence-electron chi connectivity index (χ1n) is 3.62. The molecule has 0 heterocycles. The smallest absolute Gasteiger partial charge is 0.104 e. The lowest BCUT2D eigenvalue weighted by molar-refractivity contribution is -0.303. The van der Waals surface area contributed by atoms with E-state index in [1.807, 2.05) is 0 Å². The SMILES string of the molecule is O=C([O-])CN=Nc1ccc(Cl)cc1Cl. The van der Waals surface area contributed by atoms with Crippen molar-refractivity contribution in [3.8, 4) is 0 Å². The average Bonchev–Trinajstić information content (AvgIpc) is 2.08. The third kappa shape index (κ3) is 3.32. The number of halogens is 2. The Kier molecular flexibility index (Phi) is 3.85. The molecule has 4 nitrogen and oxygen atoms in total. The Balaban J connectivity index is 2.76. The second kappa shape index (κ2) is 4.93. The van der Waals surface area contributed by atoms with E-state index in [4.69, 9.17) is 23.2 Å². The predicted molar refractivity (Wildman–Crippen MR) is 50.9 cm³/mol. The van der Waals surface area contributed by atoms with Crippen LogP contribution in [0.3, 0.4) is 0 Å². The summed E-state index contributed by atoms with van der Waals surface area (Å²) in [6.45, 7) is -0.487. The molecule has 0 radical (unpaired) electrons. The van der Waals surface area contributed by atoms with Gasteiger partial charge in [-0.3, -0.25) is 0 Å². The zero-order valence-corrected chi connectivity index (χ0v) is 8.42. The average molecular weight is 232 g/mol. The van der Waals surface area contributed by atoms with E-state index in [-0.39, 0.29) is 0 Å². The van der Waals surface area contributed by atoms with Gasteiger partial charge in [0, 0.05) is 5.02 Å². The zero-order chi connectivity index (χ0) is 10.6. The minimum atomic E-state index is -1.29. The number of carboxylic acids is 1. The number of carboxylic acid groups (broad SMARTS) is 1. The largest absolute Gasteiger partial charge is 0.548 e. The van der Waals surface area contributed by atoms with Crippen molar-refractivity contribution < 1.29 is 9.90 Å². The highest BCUT2D eigenvalue weighted by molar-refractivity contribution is 6.36. The van der Waals surface area contributed by atoms with Crippen molar-refractivity contribution in [2.45, 2.75) is 0 Å². The van der Waals surface area contributed by atoms with E-state index in [0.717, 1.165) is 0 Å². The Bertz CT molecular complexity index is 380. The maximum Gasteiger partial charge on any atom is 0.104 e. The number of hydrogen-bond acceptors (Lipinski definition) is 4. The molecule has 0 amide bonds. The molecule has 0 N–H and O–H groups in total. The fraction of sp³-hybridized carbons (Fsp3) is 0.125. The Morgan fingerprint density at radius 2 is 2.14 bits per heavy atom. The van der Waals surface area contributed by atoms with Crippen molar-refractivity contribution in [3.63, 3.8) is 0 Å². The van der Waals surface area contributed by atoms with Gasteiger partial charge >= 0.3 is 0 Å². The van der Waals surface area contributed by atoms with Gasteiger partial charge in [0.2, 0.25) is 0 Å². The van der Waals surface area contributed by atoms with Crippen LogP contribution < -0.4 is 5.11 Å². The normalized spacial score (nSPS) is 10.7. The molecule has 0 aliphatic rings. The molecule has 0 saturated carbocycles. The molecular formula is C8H5Cl2N2O2-. The van der Waals surface area contributed by atoms with Gasteiger partial charge in [-0.05, 0) is 18.2 Å². The molecule has 1 aromatic carbocycles. The monoisotopic (exact) mass is 231 g/mol. The second-order valence-corrected chi connectivity index (χ2v) is 3.21. The van der Waals surface area contributed by atoms with Crippen molar-refractivity contribution >= 4 is 34.9 Å². The standard InChI is InChI=1S/C8H6Cl2N2O2/c9-5-1-2-7(6(10)3-5)12-11-4-8(13)14/h1-3H,4H2,(H,13,14)/p-1. The highest BCUT2D eigenvalue weighted by Gasteiger charge is 1.98. The number of carbonyl (C=O) groups is 1. The maximum absolute atomic E-state index is 10.0. The predicted octanol–water partition coefficient (Wildman–Crippen LogP) is 1.83. The van der Waals surface area contributed by atoms with Crippen LogP contribution in [0.1, 0.15) is 0 Å². The van der Waals surface area contributed by atoms with E-state index in [0.29, 0.717) is 15.7 Å². The Labute approximate surface area is 90.2 Å². The van der Waals surface area contributed by atoms with Crippen LogP contribution >= 0.6 is 23.2 Å². The molecule has 0 aromatic heterocycles. The molecule has 0 saturated heterocycles. The van der Waals surface area contributed by atoms with Crippen LogP contribution in [0.5, 0.6) is 0 Å². The summed E-state index contributed by atoms with van der Waals surface area (Å²) in [5.41, 5.74) is 0.373. The zero-order valence-electron chi connectivity index (χ0n) is 6.91. The lowest BCUT2D eigenvalue weighted by atomic mass is 10.3. The number of carbonyl (C=O) groups excluding carboxylic acids is 1. The van der Waals surface area contributed by atoms with Crippen molar-refractivity contribution in [1.29, 1.82) is 0 Å². The summed E-state index contributed by atoms with van der Waals surface area (Å²) in [7, 11) is 0. The second-order valence-electron chi connectivity index (χ2n) is 2.37. The molecule has 0 fully saturated rings. The number of hydrogen-bond donors (Lipinski definition) is 0. The first-order chi connectivity index (χ1) is 6.59. The Hall–Kier alpha value is -1.13. The number of aliphatic carboxylic acids is 1. The third-order valence-electron chi connectivity index (χ3n) is 1.29. The van der Waals surface area contributed by atoms with Crippen molar-refractivity contribution in [2.24, 2.45) is 10.2 Å². The lowest BCUT2D eigenvalue weighted by Gasteiger charge is -1.97. The Morgan fingerprint density at radius 3 is 2.71 bits per heavy atom. The first-order valence-corrected chi connectivity index (χ1v) is 4.37. The molecule has 1 rings (SSSR count). The van der Waals surface area contributed by atoms with E-state index >= 15 is 0 Å². The molecule has 0 unspecified atom stereocenters. The summed E-state index contributed by atoms with van der Waals surface area (Å²) in [6, 6.07) is 4.63. The van der Waals surface area contributed by atoms with E-state index < -0.39 is 12.5 Å². The van der Waals surface area contributed by atoms with Crippen molar-refractivity contribution in [1.82, 2.24) is 0 Å². The van der Waals surface area contributed by atoms with Gasteiger partial charge < -0.3 is 9.90 Å². The van der Waals surface area contributed by atoms with Gasteiger partial charge in [-0.2, -0.15) is 10.2 Å². The van der Waals surface area contributed by atoms with Gasteiger partial charge in [-0.25, -0.2) is 0 Å². The first kappa shape index (κ1) is 10.9. The molecule has 0 bridgehead atoms. The van der Waals surface area contributed by atoms with E-state index in [1.54, 1.807) is 12.1 Å². The summed E-state index contributed by atoms with van der Waals surface area (Å²) in [4.78, 5) is 10.0. The number of nitrogens with zero attached hydrogens (tertiary/aromatic N) is 2. The van der Waals surface area contributed by atoms with E-state index in [1.165, 1.54) is 6.07 Å². The van der Waals surface area contributed by atoms with Crippen LogP contribution in [0.2, 0.25) is 10.0 Å². The minimum absolute atomic E-state index is 0.319. The summed E-state index contributed by atoms with van der Waals surface area (Å²) in [5.74, 6) is -1.29. The highest BCUT2D eigenvalue weighted by Crippen LogP contribution is 2.27. The molecule has 0 aliphatic carbocycles. The summed E-state index contributed by atoms with van der Waals surface area (Å²) in [5, 5.41) is 17.8. The van der Waals surface area contributed by atoms with Crippen LogP contribution in [0.25, 0.3) is 0 Å². The molecular weight excluding hydrogens is 227 g/mol. The number of benzene rings is 1. The van der Waals surface area contributed by atoms with Crippen molar-refractivity contribution in [3.05, 3.63) is 28.2 Å². The molecule has 6 heteroatoms. The van der Waals surface area contributed by atoms with Crippen LogP contribution in [0.4, 0.5) is 5.69 Å². The number of rotatable bonds is 3. The third-order valence-corrected chi connectivity index (χ3v) is 1.83. The molecule has 0 aliphatic heterocycles. The number of azo groups is 1. The Morgan fingerprint density at radius 1 is 1.43 bits per heavy atom. The maximum atomic E-state index is 10.0. The van der Waals surface area contributed by atoms with E-state index in [2.05, 4.69) is 10.2 Å². The van der Waals surface area contributed by atoms with Gasteiger partial charge in [0.1, 0.15) is 5.69 Å². The van der Waals surface area contributed by atoms with Gasteiger partial charge in [0.25, 0.3) is 0 Å². The quantitative estimate of drug-likeness (QED) is 0.746. The summed E-state index contributed by atoms with van der Waals surface area (Å²) >= 11 is 11.4. The van der Waals surface area contributed by atoms with E-state index in [9.17, 15) is 9.90 Å². The van der Waals surface area contributed by atoms with Crippen LogP contribution in [-0.2, 0) is 4.79 Å². The van der Waals surface area contributed by atoms with Crippen molar-refractivity contribution in [2.75, 3.05) is 6.54 Å². The van der Waals surface area contributed by atoms with Gasteiger partial charge in [0.15, 0.2) is 0 Å². The molecule has 1 aromatic rings. The van der Waals surface area contributed by atoms with Crippen LogP contribution in [0, 0.1) is 0 Å². The van der Waals surface area contributed by atoms with Gasteiger partial charge in [-0.1, -0.05) is 23.2 Å².